The second-order valence-corrected chi connectivity index (χ2v) is 9.45. The summed E-state index contributed by atoms with van der Waals surface area (Å²) < 4.78 is 20.0. The van der Waals surface area contributed by atoms with Gasteiger partial charge < -0.3 is 14.8 Å². The topological polar surface area (TPSA) is 128 Å². The first-order chi connectivity index (χ1) is 16.9. The van der Waals surface area contributed by atoms with E-state index in [0.29, 0.717) is 31.8 Å². The molecule has 35 heavy (non-hydrogen) atoms. The van der Waals surface area contributed by atoms with Crippen LogP contribution in [0.1, 0.15) is 51.4 Å². The van der Waals surface area contributed by atoms with Crippen molar-refractivity contribution in [2.24, 2.45) is 11.8 Å². The highest BCUT2D eigenvalue weighted by Crippen LogP contribution is 2.34. The predicted molar refractivity (Wildman–Crippen MR) is 120 cm³/mol. The second-order valence-electron chi connectivity index (χ2n) is 9.45. The number of hydrogen-bond donors (Lipinski definition) is 1. The standard InChI is InChI=1S/C23H32FN5O6/c24-18-12-19(22(31)26-20-7-4-9-25-29(20)33)28(14-18)23(32)17(11-16-5-3-6-16)13-27(15-30)35-21-8-1-2-10-34-21/h4,7,9,15-19,21H,1-3,5-6,8,10-14H2,(H,26,31)/t17-,18-,19+,21?/m1/s1. The molecule has 1 aliphatic carbocycles. The number of halogens is 1. The van der Waals surface area contributed by atoms with Crippen LogP contribution in [-0.2, 0) is 24.0 Å². The zero-order chi connectivity index (χ0) is 24.8. The van der Waals surface area contributed by atoms with Gasteiger partial charge in [-0.2, -0.15) is 0 Å². The van der Waals surface area contributed by atoms with Crippen molar-refractivity contribution in [2.45, 2.75) is 69.9 Å². The van der Waals surface area contributed by atoms with Gasteiger partial charge in [-0.25, -0.2) is 24.4 Å². The summed E-state index contributed by atoms with van der Waals surface area (Å²) >= 11 is 0. The summed E-state index contributed by atoms with van der Waals surface area (Å²) in [6, 6.07) is 1.78. The maximum Gasteiger partial charge on any atom is 0.330 e. The van der Waals surface area contributed by atoms with Crippen LogP contribution in [0.25, 0.3) is 0 Å². The van der Waals surface area contributed by atoms with Crippen molar-refractivity contribution in [1.82, 2.24) is 15.1 Å². The number of likely N-dealkylation sites (tertiary alicyclic amines) is 1. The van der Waals surface area contributed by atoms with E-state index in [2.05, 4.69) is 10.4 Å². The van der Waals surface area contributed by atoms with Crippen molar-refractivity contribution in [3.63, 3.8) is 0 Å². The Bertz CT molecular complexity index is 897. The van der Waals surface area contributed by atoms with E-state index in [0.717, 1.165) is 37.2 Å². The van der Waals surface area contributed by atoms with Gasteiger partial charge in [0, 0.05) is 25.5 Å². The predicted octanol–water partition coefficient (Wildman–Crippen LogP) is 1.32. The van der Waals surface area contributed by atoms with Gasteiger partial charge in [0.1, 0.15) is 12.2 Å². The van der Waals surface area contributed by atoms with Crippen LogP contribution < -0.4 is 10.2 Å². The normalized spacial score (nSPS) is 25.5. The smallest absolute Gasteiger partial charge is 0.330 e. The van der Waals surface area contributed by atoms with Crippen LogP contribution in [-0.4, -0.2) is 71.5 Å². The Morgan fingerprint density at radius 2 is 2.20 bits per heavy atom. The van der Waals surface area contributed by atoms with Crippen LogP contribution in [0.3, 0.4) is 0 Å². The van der Waals surface area contributed by atoms with Gasteiger partial charge in [0.25, 0.3) is 0 Å². The maximum atomic E-state index is 14.4. The summed E-state index contributed by atoms with van der Waals surface area (Å²) in [5.74, 6) is -1.49. The monoisotopic (exact) mass is 493 g/mol. The van der Waals surface area contributed by atoms with E-state index < -0.39 is 36.2 Å². The van der Waals surface area contributed by atoms with Crippen molar-refractivity contribution >= 4 is 24.0 Å². The zero-order valence-electron chi connectivity index (χ0n) is 19.6. The summed E-state index contributed by atoms with van der Waals surface area (Å²) in [5, 5.41) is 18.9. The fourth-order valence-electron chi connectivity index (χ4n) is 4.83. The first-order valence-corrected chi connectivity index (χ1v) is 12.2. The Morgan fingerprint density at radius 1 is 1.37 bits per heavy atom. The lowest BCUT2D eigenvalue weighted by molar-refractivity contribution is -0.654. The van der Waals surface area contributed by atoms with E-state index in [1.165, 1.54) is 23.2 Å². The molecule has 0 spiro atoms. The summed E-state index contributed by atoms with van der Waals surface area (Å²) in [4.78, 5) is 45.4. The van der Waals surface area contributed by atoms with Crippen molar-refractivity contribution in [2.75, 3.05) is 25.0 Å². The molecule has 0 aromatic carbocycles. The molecule has 3 aliphatic rings. The third kappa shape index (κ3) is 6.43. The van der Waals surface area contributed by atoms with Crippen LogP contribution >= 0.6 is 0 Å². The molecule has 4 rings (SSSR count). The van der Waals surface area contributed by atoms with Gasteiger partial charge in [-0.3, -0.25) is 9.59 Å². The number of hydroxylamine groups is 2. The highest BCUT2D eigenvalue weighted by Gasteiger charge is 2.44. The van der Waals surface area contributed by atoms with E-state index in [1.807, 2.05) is 0 Å². The number of nitrogens with one attached hydrogen (secondary N) is 1. The Hall–Kier alpha value is -2.86. The average molecular weight is 494 g/mol. The van der Waals surface area contributed by atoms with Crippen molar-refractivity contribution in [1.29, 1.82) is 0 Å². The first kappa shape index (κ1) is 25.2. The summed E-state index contributed by atoms with van der Waals surface area (Å²) in [7, 11) is 0. The highest BCUT2D eigenvalue weighted by molar-refractivity contribution is 5.97. The summed E-state index contributed by atoms with van der Waals surface area (Å²) in [5.41, 5.74) is 0. The van der Waals surface area contributed by atoms with E-state index in [1.54, 1.807) is 0 Å². The van der Waals surface area contributed by atoms with E-state index >= 15 is 0 Å². The number of amides is 3. The number of aromatic nitrogens is 2. The zero-order valence-corrected chi connectivity index (χ0v) is 19.6. The minimum absolute atomic E-state index is 0.0103. The Kier molecular flexibility index (Phi) is 8.45. The molecular formula is C23H32FN5O6. The van der Waals surface area contributed by atoms with Gasteiger partial charge >= 0.3 is 11.7 Å². The molecule has 1 unspecified atom stereocenters. The minimum Gasteiger partial charge on any atom is -0.691 e. The van der Waals surface area contributed by atoms with Gasteiger partial charge in [0.15, 0.2) is 6.29 Å². The Balaban J connectivity index is 1.46. The molecule has 4 atom stereocenters. The largest absolute Gasteiger partial charge is 0.691 e. The third-order valence-electron chi connectivity index (χ3n) is 6.91. The van der Waals surface area contributed by atoms with Crippen LogP contribution in [0.5, 0.6) is 0 Å². The molecule has 3 fully saturated rings. The third-order valence-corrected chi connectivity index (χ3v) is 6.91. The van der Waals surface area contributed by atoms with E-state index in [9.17, 15) is 24.0 Å². The van der Waals surface area contributed by atoms with E-state index in [-0.39, 0.29) is 30.2 Å². The Labute approximate surface area is 203 Å². The summed E-state index contributed by atoms with van der Waals surface area (Å²) in [6.45, 7) is 0.310. The quantitative estimate of drug-likeness (QED) is 0.225. The SMILES string of the molecule is O=CN(C[C@@H](CC1CCC1)C(=O)N1C[C@H](F)C[C@H]1C(=O)Nc1cccn[n+]1[O-])OC1CCCCO1. The molecule has 0 radical (unpaired) electrons. The molecule has 2 saturated heterocycles. The number of carbonyl (C=O) groups is 3. The number of alkyl halides is 1. The second kappa shape index (κ2) is 11.7. The molecule has 192 valence electrons. The van der Waals surface area contributed by atoms with Gasteiger partial charge in [-0.1, -0.05) is 24.4 Å². The van der Waals surface area contributed by atoms with Gasteiger partial charge in [0.2, 0.25) is 12.3 Å². The molecule has 0 bridgehead atoms. The lowest BCUT2D eigenvalue weighted by Crippen LogP contribution is -2.49. The minimum atomic E-state index is -1.37. The van der Waals surface area contributed by atoms with E-state index in [4.69, 9.17) is 9.57 Å². The molecule has 11 nitrogen and oxygen atoms in total. The van der Waals surface area contributed by atoms with Crippen molar-refractivity contribution < 1.29 is 33.2 Å². The van der Waals surface area contributed by atoms with Gasteiger partial charge in [-0.15, -0.1) is 4.85 Å². The average Bonchev–Trinajstić information content (AvgIpc) is 3.23. The number of nitrogens with zero attached hydrogens (tertiary/aromatic N) is 4. The number of rotatable bonds is 10. The lowest BCUT2D eigenvalue weighted by atomic mass is 9.78. The number of hydrogen-bond acceptors (Lipinski definition) is 7. The van der Waals surface area contributed by atoms with Crippen LogP contribution in [0.2, 0.25) is 0 Å². The maximum absolute atomic E-state index is 14.4. The first-order valence-electron chi connectivity index (χ1n) is 12.2. The molecule has 1 aromatic rings. The van der Waals surface area contributed by atoms with Gasteiger partial charge in [0.05, 0.1) is 25.2 Å². The molecule has 2 aliphatic heterocycles. The molecular weight excluding hydrogens is 461 g/mol. The fraction of sp³-hybridized carbons (Fsp3) is 0.696. The lowest BCUT2D eigenvalue weighted by Gasteiger charge is -2.34. The Morgan fingerprint density at radius 3 is 2.86 bits per heavy atom. The molecule has 1 N–H and O–H groups in total. The van der Waals surface area contributed by atoms with Crippen molar-refractivity contribution in [3.8, 4) is 0 Å². The fourth-order valence-corrected chi connectivity index (χ4v) is 4.83. The van der Waals surface area contributed by atoms with Gasteiger partial charge in [-0.05, 0) is 31.2 Å². The molecule has 1 aromatic heterocycles. The number of carbonyl (C=O) groups excluding carboxylic acids is 3. The van der Waals surface area contributed by atoms with Crippen LogP contribution in [0, 0.1) is 17.0 Å². The number of anilines is 1. The molecule has 3 amide bonds. The molecule has 12 heteroatoms. The van der Waals surface area contributed by atoms with Crippen LogP contribution in [0.4, 0.5) is 10.2 Å². The number of ether oxygens (including phenoxy) is 1. The molecule has 3 heterocycles. The van der Waals surface area contributed by atoms with Crippen molar-refractivity contribution in [3.05, 3.63) is 23.5 Å². The molecule has 1 saturated carbocycles. The summed E-state index contributed by atoms with van der Waals surface area (Å²) in [6.07, 6.45) is 5.77. The van der Waals surface area contributed by atoms with Crippen LogP contribution in [0.15, 0.2) is 18.3 Å². The highest BCUT2D eigenvalue weighted by atomic mass is 19.1.